The van der Waals surface area contributed by atoms with E-state index in [0.29, 0.717) is 19.0 Å². The van der Waals surface area contributed by atoms with Gasteiger partial charge in [0.25, 0.3) is 6.01 Å². The van der Waals surface area contributed by atoms with Crippen molar-refractivity contribution < 1.29 is 14.3 Å². The van der Waals surface area contributed by atoms with Gasteiger partial charge in [-0.2, -0.15) is 0 Å². The summed E-state index contributed by atoms with van der Waals surface area (Å²) < 4.78 is 5.05. The van der Waals surface area contributed by atoms with Crippen molar-refractivity contribution in [3.63, 3.8) is 0 Å². The van der Waals surface area contributed by atoms with Gasteiger partial charge in [0.05, 0.1) is 6.20 Å². The van der Waals surface area contributed by atoms with Crippen LogP contribution in [0.15, 0.2) is 16.9 Å². The van der Waals surface area contributed by atoms with Crippen molar-refractivity contribution in [1.29, 1.82) is 0 Å². The standard InChI is InChI=1S/C8H10N2O3/c11-7(12)6-2-1-4-10(6)8-9-3-5-13-8/h3,5-6H,1-2,4H2,(H,11,12). The lowest BCUT2D eigenvalue weighted by atomic mass is 10.2. The van der Waals surface area contributed by atoms with Crippen LogP contribution in [0.3, 0.4) is 0 Å². The Labute approximate surface area is 75.0 Å². The molecule has 1 aliphatic rings. The molecule has 1 N–H and O–H groups in total. The summed E-state index contributed by atoms with van der Waals surface area (Å²) in [6, 6.07) is -0.0662. The minimum Gasteiger partial charge on any atom is -0.480 e. The van der Waals surface area contributed by atoms with E-state index in [1.54, 1.807) is 4.90 Å². The van der Waals surface area contributed by atoms with Crippen LogP contribution in [-0.2, 0) is 4.79 Å². The van der Waals surface area contributed by atoms with Crippen molar-refractivity contribution in [3.05, 3.63) is 12.5 Å². The lowest BCUT2D eigenvalue weighted by Gasteiger charge is -2.18. The van der Waals surface area contributed by atoms with Crippen molar-refractivity contribution in [2.24, 2.45) is 0 Å². The second kappa shape index (κ2) is 3.08. The number of aromatic nitrogens is 1. The Morgan fingerprint density at radius 3 is 3.23 bits per heavy atom. The monoisotopic (exact) mass is 182 g/mol. The molecule has 0 spiro atoms. The summed E-state index contributed by atoms with van der Waals surface area (Å²) in [5, 5.41) is 8.87. The second-order valence-electron chi connectivity index (χ2n) is 3.00. The molecule has 0 aliphatic carbocycles. The summed E-state index contributed by atoms with van der Waals surface area (Å²) in [4.78, 5) is 16.4. The fourth-order valence-electron chi connectivity index (χ4n) is 1.61. The van der Waals surface area contributed by atoms with Crippen molar-refractivity contribution in [1.82, 2.24) is 4.98 Å². The van der Waals surface area contributed by atoms with Crippen molar-refractivity contribution in [3.8, 4) is 0 Å². The summed E-state index contributed by atoms with van der Waals surface area (Å²) in [6.07, 6.45) is 4.51. The summed E-state index contributed by atoms with van der Waals surface area (Å²) in [7, 11) is 0. The summed E-state index contributed by atoms with van der Waals surface area (Å²) in [5.74, 6) is -0.810. The number of carboxylic acids is 1. The highest BCUT2D eigenvalue weighted by Gasteiger charge is 2.32. The first-order chi connectivity index (χ1) is 6.29. The average molecular weight is 182 g/mol. The molecule has 1 saturated heterocycles. The van der Waals surface area contributed by atoms with Gasteiger partial charge in [-0.3, -0.25) is 0 Å². The van der Waals surface area contributed by atoms with E-state index in [1.165, 1.54) is 12.5 Å². The Kier molecular flexibility index (Phi) is 1.92. The molecule has 0 saturated carbocycles. The SMILES string of the molecule is O=C(O)C1CCCN1c1ncco1. The van der Waals surface area contributed by atoms with Crippen molar-refractivity contribution in [2.75, 3.05) is 11.4 Å². The number of carbonyl (C=O) groups is 1. The van der Waals surface area contributed by atoms with Crippen LogP contribution in [0.5, 0.6) is 0 Å². The van der Waals surface area contributed by atoms with Crippen LogP contribution in [0, 0.1) is 0 Å². The third-order valence-corrected chi connectivity index (χ3v) is 2.20. The van der Waals surface area contributed by atoms with Gasteiger partial charge >= 0.3 is 5.97 Å². The molecule has 0 aromatic carbocycles. The molecule has 1 atom stereocenters. The number of rotatable bonds is 2. The zero-order valence-electron chi connectivity index (χ0n) is 7.01. The van der Waals surface area contributed by atoms with E-state index < -0.39 is 12.0 Å². The van der Waals surface area contributed by atoms with Crippen LogP contribution in [0.2, 0.25) is 0 Å². The van der Waals surface area contributed by atoms with Crippen molar-refractivity contribution in [2.45, 2.75) is 18.9 Å². The summed E-state index contributed by atoms with van der Waals surface area (Å²) >= 11 is 0. The third kappa shape index (κ3) is 1.37. The molecule has 1 aromatic heterocycles. The Hall–Kier alpha value is -1.52. The molecule has 1 unspecified atom stereocenters. The number of nitrogens with zero attached hydrogens (tertiary/aromatic N) is 2. The average Bonchev–Trinajstić information content (AvgIpc) is 2.74. The summed E-state index contributed by atoms with van der Waals surface area (Å²) in [6.45, 7) is 0.706. The lowest BCUT2D eigenvalue weighted by Crippen LogP contribution is -2.36. The largest absolute Gasteiger partial charge is 0.480 e. The number of anilines is 1. The molecule has 13 heavy (non-hydrogen) atoms. The fraction of sp³-hybridized carbons (Fsp3) is 0.500. The van der Waals surface area contributed by atoms with Gasteiger partial charge in [-0.15, -0.1) is 0 Å². The molecule has 0 radical (unpaired) electrons. The van der Waals surface area contributed by atoms with Gasteiger partial charge in [0, 0.05) is 6.54 Å². The van der Waals surface area contributed by atoms with E-state index >= 15 is 0 Å². The molecule has 2 heterocycles. The maximum Gasteiger partial charge on any atom is 0.326 e. The van der Waals surface area contributed by atoms with Gasteiger partial charge in [0.15, 0.2) is 0 Å². The zero-order chi connectivity index (χ0) is 9.26. The smallest absolute Gasteiger partial charge is 0.326 e. The minimum atomic E-state index is -0.810. The van der Waals surface area contributed by atoms with E-state index in [4.69, 9.17) is 9.52 Å². The zero-order valence-corrected chi connectivity index (χ0v) is 7.01. The molecule has 5 nitrogen and oxygen atoms in total. The minimum absolute atomic E-state index is 0.407. The molecule has 70 valence electrons. The lowest BCUT2D eigenvalue weighted by molar-refractivity contribution is -0.138. The van der Waals surface area contributed by atoms with Crippen LogP contribution in [-0.4, -0.2) is 28.6 Å². The van der Waals surface area contributed by atoms with Gasteiger partial charge in [-0.1, -0.05) is 0 Å². The van der Waals surface area contributed by atoms with Gasteiger partial charge in [-0.05, 0) is 12.8 Å². The van der Waals surface area contributed by atoms with E-state index in [1.807, 2.05) is 0 Å². The number of hydrogen-bond donors (Lipinski definition) is 1. The second-order valence-corrected chi connectivity index (χ2v) is 3.00. The number of hydrogen-bond acceptors (Lipinski definition) is 4. The Morgan fingerprint density at radius 2 is 2.62 bits per heavy atom. The Balaban J connectivity index is 2.19. The van der Waals surface area contributed by atoms with E-state index in [9.17, 15) is 4.79 Å². The van der Waals surface area contributed by atoms with Crippen LogP contribution in [0.4, 0.5) is 6.01 Å². The van der Waals surface area contributed by atoms with Gasteiger partial charge in [-0.25, -0.2) is 9.78 Å². The molecule has 1 aromatic rings. The molecule has 0 amide bonds. The third-order valence-electron chi connectivity index (χ3n) is 2.20. The topological polar surface area (TPSA) is 66.6 Å². The predicted molar refractivity (Wildman–Crippen MR) is 44.5 cm³/mol. The molecule has 1 fully saturated rings. The molecule has 2 rings (SSSR count). The number of aliphatic carboxylic acids is 1. The van der Waals surface area contributed by atoms with Gasteiger partial charge in [0.1, 0.15) is 12.3 Å². The fourth-order valence-corrected chi connectivity index (χ4v) is 1.61. The van der Waals surface area contributed by atoms with Crippen LogP contribution in [0.1, 0.15) is 12.8 Å². The molecular formula is C8H10N2O3. The normalized spacial score (nSPS) is 22.2. The van der Waals surface area contributed by atoms with Gasteiger partial charge < -0.3 is 14.4 Å². The van der Waals surface area contributed by atoms with Crippen LogP contribution in [0.25, 0.3) is 0 Å². The van der Waals surface area contributed by atoms with E-state index in [0.717, 1.165) is 6.42 Å². The molecule has 0 bridgehead atoms. The Bertz CT molecular complexity index is 296. The molecule has 5 heteroatoms. The maximum absolute atomic E-state index is 10.8. The highest BCUT2D eigenvalue weighted by molar-refractivity contribution is 5.77. The number of carboxylic acid groups (broad SMARTS) is 1. The predicted octanol–water partition coefficient (Wildman–Crippen LogP) is 0.728. The van der Waals surface area contributed by atoms with Crippen molar-refractivity contribution >= 4 is 12.0 Å². The first-order valence-electron chi connectivity index (χ1n) is 4.18. The van der Waals surface area contributed by atoms with Gasteiger partial charge in [0.2, 0.25) is 0 Å². The first-order valence-corrected chi connectivity index (χ1v) is 4.18. The first kappa shape index (κ1) is 8.10. The summed E-state index contributed by atoms with van der Waals surface area (Å²) in [5.41, 5.74) is 0. The number of oxazole rings is 1. The maximum atomic E-state index is 10.8. The highest BCUT2D eigenvalue weighted by atomic mass is 16.4. The highest BCUT2D eigenvalue weighted by Crippen LogP contribution is 2.23. The van der Waals surface area contributed by atoms with Crippen LogP contribution < -0.4 is 4.90 Å². The van der Waals surface area contributed by atoms with E-state index in [-0.39, 0.29) is 0 Å². The Morgan fingerprint density at radius 1 is 1.77 bits per heavy atom. The molecule has 1 aliphatic heterocycles. The quantitative estimate of drug-likeness (QED) is 0.730. The molecular weight excluding hydrogens is 172 g/mol. The van der Waals surface area contributed by atoms with Crippen LogP contribution >= 0.6 is 0 Å². The van der Waals surface area contributed by atoms with E-state index in [2.05, 4.69) is 4.98 Å².